The number of anilines is 1. The fourth-order valence-corrected chi connectivity index (χ4v) is 3.09. The van der Waals surface area contributed by atoms with Gasteiger partial charge in [-0.2, -0.15) is 29.9 Å². The van der Waals surface area contributed by atoms with Crippen molar-refractivity contribution in [1.82, 2.24) is 29.9 Å². The molecule has 0 fully saturated rings. The molecule has 0 bridgehead atoms. The lowest BCUT2D eigenvalue weighted by atomic mass is 10.2. The van der Waals surface area contributed by atoms with Gasteiger partial charge < -0.3 is 11.1 Å². The third-order valence-corrected chi connectivity index (χ3v) is 4.49. The lowest BCUT2D eigenvalue weighted by Gasteiger charge is -2.04. The summed E-state index contributed by atoms with van der Waals surface area (Å²) in [4.78, 5) is 21.7. The summed E-state index contributed by atoms with van der Waals surface area (Å²) in [6.07, 6.45) is 0. The van der Waals surface area contributed by atoms with E-state index >= 15 is 0 Å². The zero-order valence-corrected chi connectivity index (χ0v) is 21.2. The van der Waals surface area contributed by atoms with Gasteiger partial charge in [-0.3, -0.25) is 0 Å². The van der Waals surface area contributed by atoms with Crippen molar-refractivity contribution in [3.63, 3.8) is 0 Å². The summed E-state index contributed by atoms with van der Waals surface area (Å²) in [6.45, 7) is 0.914. The molecule has 0 aliphatic rings. The molecule has 35 heavy (non-hydrogen) atoms. The fourth-order valence-electron chi connectivity index (χ4n) is 2.11. The van der Waals surface area contributed by atoms with Crippen LogP contribution >= 0.6 is 58.0 Å². The second kappa shape index (κ2) is 14.8. The average molecular weight is 583 g/mol. The molecule has 8 nitrogen and oxygen atoms in total. The number of nitrogens with two attached hydrogens (primary N) is 1. The first-order valence-electron chi connectivity index (χ1n) is 9.37. The maximum absolute atomic E-state index is 12.7. The molecule has 0 aliphatic heterocycles. The van der Waals surface area contributed by atoms with Gasteiger partial charge in [0.05, 0.1) is 0 Å². The Bertz CT molecular complexity index is 1150. The number of halogens is 7. The van der Waals surface area contributed by atoms with Crippen LogP contribution in [0.1, 0.15) is 11.1 Å². The van der Waals surface area contributed by atoms with Gasteiger partial charge in [-0.25, -0.2) is 8.78 Å². The molecule has 2 aromatic heterocycles. The van der Waals surface area contributed by atoms with Crippen molar-refractivity contribution < 1.29 is 8.78 Å². The summed E-state index contributed by atoms with van der Waals surface area (Å²) in [5.41, 5.74) is 7.12. The van der Waals surface area contributed by atoms with E-state index in [0.29, 0.717) is 13.1 Å². The Labute approximate surface area is 223 Å². The number of rotatable bonds is 4. The van der Waals surface area contributed by atoms with Crippen molar-refractivity contribution in [2.75, 3.05) is 5.32 Å². The van der Waals surface area contributed by atoms with Gasteiger partial charge in [-0.15, -0.1) is 0 Å². The Balaban J connectivity index is 0.000000203. The third kappa shape index (κ3) is 11.7. The highest BCUT2D eigenvalue weighted by Crippen LogP contribution is 2.11. The van der Waals surface area contributed by atoms with Gasteiger partial charge >= 0.3 is 0 Å². The normalized spacial score (nSPS) is 9.94. The maximum atomic E-state index is 12.7. The molecule has 3 N–H and O–H groups in total. The first-order valence-corrected chi connectivity index (χ1v) is 11.3. The highest BCUT2D eigenvalue weighted by atomic mass is 35.5. The molecule has 2 aromatic carbocycles. The SMILES string of the molecule is Clc1nc(Cl)nc(Cl)n1.Fc1ccc(CNc2nc(Cl)nc(Cl)n2)cc1.NCc1ccc(F)cc1. The van der Waals surface area contributed by atoms with Gasteiger partial charge in [-0.05, 0) is 93.4 Å². The lowest BCUT2D eigenvalue weighted by Crippen LogP contribution is -2.04. The van der Waals surface area contributed by atoms with Crippen LogP contribution in [-0.2, 0) is 13.1 Å². The first kappa shape index (κ1) is 28.8. The van der Waals surface area contributed by atoms with Crippen LogP contribution in [0.4, 0.5) is 14.7 Å². The number of nitrogens with one attached hydrogen (secondary N) is 1. The molecule has 15 heteroatoms. The Morgan fingerprint density at radius 2 is 0.914 bits per heavy atom. The molecule has 0 spiro atoms. The summed E-state index contributed by atoms with van der Waals surface area (Å²) in [5, 5.41) is 2.95. The summed E-state index contributed by atoms with van der Waals surface area (Å²) < 4.78 is 24.8. The van der Waals surface area contributed by atoms with Gasteiger partial charge in [0.1, 0.15) is 11.6 Å². The molecule has 184 valence electrons. The molecule has 0 atom stereocenters. The number of aromatic nitrogens is 6. The summed E-state index contributed by atoms with van der Waals surface area (Å²) in [6, 6.07) is 12.2. The summed E-state index contributed by atoms with van der Waals surface area (Å²) in [5.74, 6) is -0.216. The van der Waals surface area contributed by atoms with Crippen LogP contribution < -0.4 is 11.1 Å². The minimum atomic E-state index is -0.278. The van der Waals surface area contributed by atoms with Gasteiger partial charge in [0.25, 0.3) is 0 Å². The quantitative estimate of drug-likeness (QED) is 0.299. The predicted molar refractivity (Wildman–Crippen MR) is 133 cm³/mol. The van der Waals surface area contributed by atoms with Gasteiger partial charge in [-0.1, -0.05) is 24.3 Å². The zero-order chi connectivity index (χ0) is 25.8. The van der Waals surface area contributed by atoms with Crippen molar-refractivity contribution in [3.8, 4) is 0 Å². The minimum Gasteiger partial charge on any atom is -0.350 e. The monoisotopic (exact) mass is 580 g/mol. The van der Waals surface area contributed by atoms with Crippen LogP contribution in [0.25, 0.3) is 0 Å². The van der Waals surface area contributed by atoms with E-state index in [4.69, 9.17) is 63.7 Å². The number of hydrogen-bond acceptors (Lipinski definition) is 8. The molecule has 0 aliphatic carbocycles. The van der Waals surface area contributed by atoms with Gasteiger partial charge in [0, 0.05) is 13.1 Å². The molecule has 2 heterocycles. The van der Waals surface area contributed by atoms with E-state index in [-0.39, 0.29) is 44.0 Å². The molecule has 0 amide bonds. The van der Waals surface area contributed by atoms with E-state index in [1.807, 2.05) is 0 Å². The molecule has 4 rings (SSSR count). The third-order valence-electron chi connectivity index (χ3n) is 3.65. The summed E-state index contributed by atoms with van der Waals surface area (Å²) >= 11 is 27.2. The van der Waals surface area contributed by atoms with E-state index in [1.54, 1.807) is 24.3 Å². The Morgan fingerprint density at radius 3 is 1.29 bits per heavy atom. The molecular formula is C20H15Cl5F2N8. The average Bonchev–Trinajstić information content (AvgIpc) is 2.79. The van der Waals surface area contributed by atoms with Gasteiger partial charge in [0.2, 0.25) is 32.4 Å². The second-order valence-electron chi connectivity index (χ2n) is 6.15. The predicted octanol–water partition coefficient (Wildman–Crippen LogP) is 6.05. The molecule has 0 saturated carbocycles. The zero-order valence-electron chi connectivity index (χ0n) is 17.4. The maximum Gasteiger partial charge on any atom is 0.228 e. The topological polar surface area (TPSA) is 115 Å². The van der Waals surface area contributed by atoms with E-state index in [0.717, 1.165) is 11.1 Å². The van der Waals surface area contributed by atoms with Crippen LogP contribution in [0.3, 0.4) is 0 Å². The van der Waals surface area contributed by atoms with Crippen molar-refractivity contribution in [1.29, 1.82) is 0 Å². The number of benzene rings is 2. The molecular weight excluding hydrogens is 568 g/mol. The molecule has 0 unspecified atom stereocenters. The van der Waals surface area contributed by atoms with Crippen molar-refractivity contribution in [2.45, 2.75) is 13.1 Å². The fraction of sp³-hybridized carbons (Fsp3) is 0.100. The van der Waals surface area contributed by atoms with E-state index in [9.17, 15) is 8.78 Å². The van der Waals surface area contributed by atoms with E-state index < -0.39 is 0 Å². The van der Waals surface area contributed by atoms with E-state index in [2.05, 4.69) is 35.2 Å². The van der Waals surface area contributed by atoms with Crippen LogP contribution in [0.15, 0.2) is 48.5 Å². The van der Waals surface area contributed by atoms with Crippen LogP contribution in [0.2, 0.25) is 26.4 Å². The Kier molecular flexibility index (Phi) is 12.2. The van der Waals surface area contributed by atoms with Gasteiger partial charge in [0.15, 0.2) is 0 Å². The van der Waals surface area contributed by atoms with Crippen molar-refractivity contribution in [3.05, 3.63) is 97.7 Å². The van der Waals surface area contributed by atoms with Crippen molar-refractivity contribution in [2.24, 2.45) is 5.73 Å². The van der Waals surface area contributed by atoms with Crippen molar-refractivity contribution >= 4 is 64.0 Å². The molecule has 0 saturated heterocycles. The largest absolute Gasteiger partial charge is 0.350 e. The standard InChI is InChI=1S/C10H7Cl2FN4.C7H8FN.C3Cl3N3/c11-8-15-9(12)17-10(16-8)14-5-6-1-3-7(13)4-2-6;8-7-3-1-6(5-9)2-4-7;4-1-7-2(5)9-3(6)8-1/h1-4H,5H2,(H,14,15,16,17);1-4H,5,9H2;. The Hall–Kier alpha value is -2.47. The first-order chi connectivity index (χ1) is 16.6. The van der Waals surface area contributed by atoms with Crippen LogP contribution in [0, 0.1) is 11.6 Å². The summed E-state index contributed by atoms with van der Waals surface area (Å²) in [7, 11) is 0. The number of nitrogens with zero attached hydrogens (tertiary/aromatic N) is 6. The van der Waals surface area contributed by atoms with Crippen LogP contribution in [0.5, 0.6) is 0 Å². The molecule has 4 aromatic rings. The van der Waals surface area contributed by atoms with E-state index in [1.165, 1.54) is 24.3 Å². The smallest absolute Gasteiger partial charge is 0.228 e. The highest BCUT2D eigenvalue weighted by molar-refractivity contribution is 6.33. The second-order valence-corrected chi connectivity index (χ2v) is 7.84. The highest BCUT2D eigenvalue weighted by Gasteiger charge is 2.03. The lowest BCUT2D eigenvalue weighted by molar-refractivity contribution is 0.626. The molecule has 0 radical (unpaired) electrons. The number of hydrogen-bond donors (Lipinski definition) is 2. The Morgan fingerprint density at radius 1 is 0.571 bits per heavy atom. The van der Waals surface area contributed by atoms with Crippen LogP contribution in [-0.4, -0.2) is 29.9 Å². The minimum absolute atomic E-state index is 0.000000000000000444.